The van der Waals surface area contributed by atoms with E-state index in [-0.39, 0.29) is 42.6 Å². The van der Waals surface area contributed by atoms with Gasteiger partial charge in [0.05, 0.1) is 11.6 Å². The largest absolute Gasteiger partial charge is 0.458 e. The van der Waals surface area contributed by atoms with Gasteiger partial charge in [-0.2, -0.15) is 0 Å². The Morgan fingerprint density at radius 3 is 2.67 bits per heavy atom. The SMILES string of the molecule is CCC1c2cc(OC(=O)N3CCC(N4CC=CCC4)CC3)ccc2NC2c3cc4c(c(=O)n3CC12)COC(=O)[C@]4(O)CC. The van der Waals surface area contributed by atoms with E-state index in [0.29, 0.717) is 42.6 Å². The topological polar surface area (TPSA) is 113 Å². The fourth-order valence-corrected chi connectivity index (χ4v) is 7.97. The number of ether oxygens (including phenoxy) is 2. The highest BCUT2D eigenvalue weighted by Crippen LogP contribution is 2.51. The monoisotopic (exact) mass is 588 g/mol. The number of pyridine rings is 1. The lowest BCUT2D eigenvalue weighted by atomic mass is 9.76. The zero-order chi connectivity index (χ0) is 29.9. The van der Waals surface area contributed by atoms with Crippen LogP contribution in [0.4, 0.5) is 10.5 Å². The number of carbonyl (C=O) groups is 2. The van der Waals surface area contributed by atoms with Crippen LogP contribution in [0.1, 0.15) is 80.3 Å². The highest BCUT2D eigenvalue weighted by Gasteiger charge is 2.48. The molecule has 5 aliphatic heterocycles. The second-order valence-corrected chi connectivity index (χ2v) is 12.6. The van der Waals surface area contributed by atoms with Crippen LogP contribution >= 0.6 is 0 Å². The second-order valence-electron chi connectivity index (χ2n) is 12.6. The third kappa shape index (κ3) is 4.57. The van der Waals surface area contributed by atoms with Crippen molar-refractivity contribution in [2.45, 2.75) is 82.7 Å². The number of fused-ring (bicyclic) bond motifs is 5. The fraction of sp³-hybridized carbons (Fsp3) is 0.545. The molecule has 1 aromatic heterocycles. The lowest BCUT2D eigenvalue weighted by Gasteiger charge is -2.38. The minimum Gasteiger partial charge on any atom is -0.458 e. The Hall–Kier alpha value is -3.63. The number of anilines is 1. The maximum absolute atomic E-state index is 13.6. The Morgan fingerprint density at radius 1 is 1.14 bits per heavy atom. The molecule has 5 aliphatic rings. The molecular formula is C33H40N4O6. The van der Waals surface area contributed by atoms with Crippen molar-refractivity contribution >= 4 is 17.7 Å². The molecule has 0 aliphatic carbocycles. The lowest BCUT2D eigenvalue weighted by Crippen LogP contribution is -2.48. The molecular weight excluding hydrogens is 548 g/mol. The van der Waals surface area contributed by atoms with Gasteiger partial charge in [-0.3, -0.25) is 9.69 Å². The number of nitrogens with one attached hydrogen (secondary N) is 1. The number of aliphatic hydroxyl groups is 1. The van der Waals surface area contributed by atoms with Crippen molar-refractivity contribution in [1.29, 1.82) is 0 Å². The van der Waals surface area contributed by atoms with Crippen molar-refractivity contribution in [3.8, 4) is 5.75 Å². The third-order valence-corrected chi connectivity index (χ3v) is 10.4. The van der Waals surface area contributed by atoms with Crippen LogP contribution in [0.5, 0.6) is 5.75 Å². The molecule has 43 heavy (non-hydrogen) atoms. The minimum absolute atomic E-state index is 0.0787. The molecule has 2 N–H and O–H groups in total. The van der Waals surface area contributed by atoms with Crippen LogP contribution in [-0.2, 0) is 28.3 Å². The van der Waals surface area contributed by atoms with Crippen LogP contribution in [0.2, 0.25) is 0 Å². The van der Waals surface area contributed by atoms with Crippen LogP contribution in [0.3, 0.4) is 0 Å². The molecule has 0 bridgehead atoms. The van der Waals surface area contributed by atoms with Gasteiger partial charge >= 0.3 is 12.1 Å². The molecule has 1 aromatic carbocycles. The van der Waals surface area contributed by atoms with Gasteiger partial charge in [-0.05, 0) is 67.9 Å². The lowest BCUT2D eigenvalue weighted by molar-refractivity contribution is -0.172. The summed E-state index contributed by atoms with van der Waals surface area (Å²) in [4.78, 5) is 43.6. The number of esters is 1. The van der Waals surface area contributed by atoms with E-state index < -0.39 is 11.6 Å². The maximum atomic E-state index is 13.6. The predicted octanol–water partition coefficient (Wildman–Crippen LogP) is 4.02. The number of likely N-dealkylation sites (tertiary alicyclic amines) is 1. The fourth-order valence-electron chi connectivity index (χ4n) is 7.97. The molecule has 0 spiro atoms. The highest BCUT2D eigenvalue weighted by molar-refractivity contribution is 5.83. The van der Waals surface area contributed by atoms with Crippen molar-refractivity contribution in [3.63, 3.8) is 0 Å². The molecule has 1 saturated heterocycles. The van der Waals surface area contributed by atoms with Gasteiger partial charge in [-0.15, -0.1) is 0 Å². The van der Waals surface area contributed by atoms with Crippen LogP contribution < -0.4 is 15.6 Å². The first-order valence-electron chi connectivity index (χ1n) is 15.7. The van der Waals surface area contributed by atoms with Gasteiger partial charge in [0, 0.05) is 61.6 Å². The molecule has 0 radical (unpaired) electrons. The second kappa shape index (κ2) is 10.8. The first-order valence-corrected chi connectivity index (χ1v) is 15.7. The van der Waals surface area contributed by atoms with Gasteiger partial charge in [0.2, 0.25) is 0 Å². The first-order chi connectivity index (χ1) is 20.8. The smallest absolute Gasteiger partial charge is 0.415 e. The van der Waals surface area contributed by atoms with E-state index in [2.05, 4.69) is 29.3 Å². The summed E-state index contributed by atoms with van der Waals surface area (Å²) in [6.45, 7) is 7.71. The van der Waals surface area contributed by atoms with Crippen LogP contribution in [0, 0.1) is 5.92 Å². The Labute approximate surface area is 251 Å². The normalized spacial score (nSPS) is 28.3. The summed E-state index contributed by atoms with van der Waals surface area (Å²) in [5.41, 5.74) is 1.46. The van der Waals surface area contributed by atoms with E-state index in [4.69, 9.17) is 9.47 Å². The number of aromatic nitrogens is 1. The standard InChI is InChI=1S/C33H40N4O6/c1-3-22-23-16-21(43-32(40)36-14-10-20(11-15-36)35-12-6-5-7-13-35)8-9-27(23)34-29-24(22)18-37-28(29)17-26-25(30(37)38)19-42-31(39)33(26,41)4-2/h5-6,8-9,16-17,20,22,24,29,34,41H,3-4,7,10-15,18-19H2,1-2H3/t22?,24?,29?,33-/m0/s1. The Morgan fingerprint density at radius 2 is 1.95 bits per heavy atom. The number of hydrogen-bond donors (Lipinski definition) is 2. The van der Waals surface area contributed by atoms with Crippen molar-refractivity contribution in [2.24, 2.45) is 5.92 Å². The maximum Gasteiger partial charge on any atom is 0.415 e. The molecule has 10 nitrogen and oxygen atoms in total. The molecule has 4 atom stereocenters. The molecule has 1 fully saturated rings. The van der Waals surface area contributed by atoms with E-state index >= 15 is 0 Å². The number of rotatable bonds is 4. The average Bonchev–Trinajstić information content (AvgIpc) is 3.41. The number of piperidine rings is 1. The summed E-state index contributed by atoms with van der Waals surface area (Å²) >= 11 is 0. The number of amides is 1. The molecule has 6 heterocycles. The molecule has 0 saturated carbocycles. The van der Waals surface area contributed by atoms with Crippen molar-refractivity contribution in [1.82, 2.24) is 14.4 Å². The Bertz CT molecular complexity index is 1540. The van der Waals surface area contributed by atoms with E-state index in [1.165, 1.54) is 0 Å². The van der Waals surface area contributed by atoms with Crippen LogP contribution in [-0.4, -0.2) is 63.8 Å². The molecule has 10 heteroatoms. The zero-order valence-electron chi connectivity index (χ0n) is 24.9. The molecule has 228 valence electrons. The molecule has 7 rings (SSSR count). The number of carbonyl (C=O) groups excluding carboxylic acids is 2. The van der Waals surface area contributed by atoms with Crippen molar-refractivity contribution < 1.29 is 24.2 Å². The summed E-state index contributed by atoms with van der Waals surface area (Å²) in [6, 6.07) is 7.93. The first kappa shape index (κ1) is 28.2. The van der Waals surface area contributed by atoms with Gasteiger partial charge in [0.15, 0.2) is 5.60 Å². The summed E-state index contributed by atoms with van der Waals surface area (Å²) in [7, 11) is 0. The van der Waals surface area contributed by atoms with Gasteiger partial charge in [0.1, 0.15) is 12.4 Å². The van der Waals surface area contributed by atoms with Gasteiger partial charge < -0.3 is 29.4 Å². The van der Waals surface area contributed by atoms with Crippen molar-refractivity contribution in [2.75, 3.05) is 31.5 Å². The number of benzene rings is 1. The van der Waals surface area contributed by atoms with Gasteiger partial charge in [-0.1, -0.05) is 26.0 Å². The van der Waals surface area contributed by atoms with E-state index in [1.54, 1.807) is 11.5 Å². The van der Waals surface area contributed by atoms with Crippen LogP contribution in [0.25, 0.3) is 0 Å². The number of cyclic esters (lactones) is 1. The zero-order valence-corrected chi connectivity index (χ0v) is 24.9. The summed E-state index contributed by atoms with van der Waals surface area (Å²) in [5.74, 6) is 0.0155. The summed E-state index contributed by atoms with van der Waals surface area (Å²) in [6.07, 6.45) is 8.14. The highest BCUT2D eigenvalue weighted by atomic mass is 16.6. The quantitative estimate of drug-likeness (QED) is 0.407. The van der Waals surface area contributed by atoms with Gasteiger partial charge in [-0.25, -0.2) is 9.59 Å². The summed E-state index contributed by atoms with van der Waals surface area (Å²) < 4.78 is 12.9. The third-order valence-electron chi connectivity index (χ3n) is 10.4. The molecule has 2 aromatic rings. The Balaban J connectivity index is 1.10. The Kier molecular flexibility index (Phi) is 7.09. The number of hydrogen-bond acceptors (Lipinski definition) is 8. The molecule has 3 unspecified atom stereocenters. The van der Waals surface area contributed by atoms with Crippen molar-refractivity contribution in [3.05, 3.63) is 69.2 Å². The molecule has 1 amide bonds. The average molecular weight is 589 g/mol. The predicted molar refractivity (Wildman–Crippen MR) is 160 cm³/mol. The van der Waals surface area contributed by atoms with E-state index in [9.17, 15) is 19.5 Å². The van der Waals surface area contributed by atoms with Crippen LogP contribution in [0.15, 0.2) is 41.2 Å². The van der Waals surface area contributed by atoms with Gasteiger partial charge in [0.25, 0.3) is 5.56 Å². The summed E-state index contributed by atoms with van der Waals surface area (Å²) in [5, 5.41) is 14.8. The van der Waals surface area contributed by atoms with E-state index in [1.807, 2.05) is 29.2 Å². The van der Waals surface area contributed by atoms with E-state index in [0.717, 1.165) is 55.7 Å². The number of nitrogens with zero attached hydrogens (tertiary/aromatic N) is 3. The minimum atomic E-state index is -1.82.